The van der Waals surface area contributed by atoms with Gasteiger partial charge in [-0.05, 0) is 17.7 Å². The van der Waals surface area contributed by atoms with E-state index in [1.165, 1.54) is 0 Å². The summed E-state index contributed by atoms with van der Waals surface area (Å²) < 4.78 is 13.1. The highest BCUT2D eigenvalue weighted by Crippen LogP contribution is 2.11. The van der Waals surface area contributed by atoms with Gasteiger partial charge in [0.05, 0.1) is 6.42 Å². The Morgan fingerprint density at radius 3 is 2.71 bits per heavy atom. The number of nitrogens with one attached hydrogen (secondary N) is 1. The van der Waals surface area contributed by atoms with Gasteiger partial charge in [0.25, 0.3) is 0 Å². The maximum atomic E-state index is 12.3. The minimum absolute atomic E-state index is 0.0171. The second kappa shape index (κ2) is 6.34. The lowest BCUT2D eigenvalue weighted by Gasteiger charge is -2.10. The number of rotatable bonds is 5. The number of alkyl halides is 1. The highest BCUT2D eigenvalue weighted by molar-refractivity contribution is 9.10. The summed E-state index contributed by atoms with van der Waals surface area (Å²) in [6.45, 7) is -1.13. The molecule has 0 bridgehead atoms. The van der Waals surface area contributed by atoms with Gasteiger partial charge in [-0.15, -0.1) is 0 Å². The van der Waals surface area contributed by atoms with Crippen LogP contribution in [0.2, 0.25) is 0 Å². The van der Waals surface area contributed by atoms with Crippen molar-refractivity contribution >= 4 is 27.8 Å². The molecular weight excluding hydrogens is 293 g/mol. The monoisotopic (exact) mass is 303 g/mol. The van der Waals surface area contributed by atoms with Gasteiger partial charge in [0.1, 0.15) is 6.67 Å². The van der Waals surface area contributed by atoms with E-state index < -0.39 is 24.6 Å². The maximum absolute atomic E-state index is 12.3. The van der Waals surface area contributed by atoms with Crippen molar-refractivity contribution in [3.63, 3.8) is 0 Å². The van der Waals surface area contributed by atoms with Crippen LogP contribution in [0.5, 0.6) is 0 Å². The number of hydrogen-bond donors (Lipinski definition) is 2. The average molecular weight is 304 g/mol. The van der Waals surface area contributed by atoms with Gasteiger partial charge in [-0.3, -0.25) is 4.79 Å². The number of aliphatic carboxylic acids is 1. The SMILES string of the molecule is O=C(Cc1cccc(Br)c1)NC(CF)C(=O)O. The topological polar surface area (TPSA) is 66.4 Å². The van der Waals surface area contributed by atoms with Crippen LogP contribution >= 0.6 is 15.9 Å². The molecule has 1 amide bonds. The third kappa shape index (κ3) is 4.52. The first-order chi connectivity index (χ1) is 8.02. The molecule has 4 nitrogen and oxygen atoms in total. The molecule has 2 N–H and O–H groups in total. The first-order valence-electron chi connectivity index (χ1n) is 4.85. The van der Waals surface area contributed by atoms with Crippen LogP contribution in [0.3, 0.4) is 0 Å². The van der Waals surface area contributed by atoms with Gasteiger partial charge in [0, 0.05) is 4.47 Å². The van der Waals surface area contributed by atoms with Gasteiger partial charge in [0.15, 0.2) is 6.04 Å². The second-order valence-corrected chi connectivity index (χ2v) is 4.34. The third-order valence-corrected chi connectivity index (χ3v) is 2.53. The molecule has 0 aromatic heterocycles. The highest BCUT2D eigenvalue weighted by atomic mass is 79.9. The Hall–Kier alpha value is -1.43. The van der Waals surface area contributed by atoms with E-state index in [9.17, 15) is 14.0 Å². The van der Waals surface area contributed by atoms with Gasteiger partial charge in [0.2, 0.25) is 5.91 Å². The molecule has 0 radical (unpaired) electrons. The van der Waals surface area contributed by atoms with E-state index in [0.29, 0.717) is 0 Å². The molecule has 92 valence electrons. The van der Waals surface area contributed by atoms with Crippen molar-refractivity contribution in [3.05, 3.63) is 34.3 Å². The number of carbonyl (C=O) groups excluding carboxylic acids is 1. The Morgan fingerprint density at radius 2 is 2.18 bits per heavy atom. The first kappa shape index (κ1) is 13.6. The van der Waals surface area contributed by atoms with Gasteiger partial charge in [-0.2, -0.15) is 0 Å². The van der Waals surface area contributed by atoms with Gasteiger partial charge >= 0.3 is 5.97 Å². The van der Waals surface area contributed by atoms with Crippen LogP contribution in [-0.2, 0) is 16.0 Å². The van der Waals surface area contributed by atoms with E-state index >= 15 is 0 Å². The van der Waals surface area contributed by atoms with E-state index in [1.54, 1.807) is 18.2 Å². The lowest BCUT2D eigenvalue weighted by Crippen LogP contribution is -2.43. The van der Waals surface area contributed by atoms with E-state index in [-0.39, 0.29) is 6.42 Å². The Balaban J connectivity index is 2.58. The summed E-state index contributed by atoms with van der Waals surface area (Å²) in [5.74, 6) is -1.90. The number of hydrogen-bond acceptors (Lipinski definition) is 2. The van der Waals surface area contributed by atoms with Crippen LogP contribution in [-0.4, -0.2) is 29.7 Å². The molecule has 17 heavy (non-hydrogen) atoms. The van der Waals surface area contributed by atoms with Crippen LogP contribution in [0.4, 0.5) is 4.39 Å². The number of amides is 1. The number of halogens is 2. The zero-order chi connectivity index (χ0) is 12.8. The molecular formula is C11H11BrFNO3. The molecule has 0 heterocycles. The molecule has 6 heteroatoms. The van der Waals surface area contributed by atoms with Crippen LogP contribution in [0.15, 0.2) is 28.7 Å². The fourth-order valence-corrected chi connectivity index (χ4v) is 1.69. The first-order valence-corrected chi connectivity index (χ1v) is 5.65. The van der Waals surface area contributed by atoms with E-state index in [4.69, 9.17) is 5.11 Å². The van der Waals surface area contributed by atoms with Crippen LogP contribution in [0, 0.1) is 0 Å². The van der Waals surface area contributed by atoms with Gasteiger partial charge in [-0.25, -0.2) is 9.18 Å². The molecule has 1 rings (SSSR count). The minimum Gasteiger partial charge on any atom is -0.480 e. The fraction of sp³-hybridized carbons (Fsp3) is 0.273. The summed E-state index contributed by atoms with van der Waals surface area (Å²) in [6, 6.07) is 5.56. The fourth-order valence-electron chi connectivity index (χ4n) is 1.24. The zero-order valence-corrected chi connectivity index (χ0v) is 10.4. The van der Waals surface area contributed by atoms with E-state index in [1.807, 2.05) is 6.07 Å². The van der Waals surface area contributed by atoms with Crippen molar-refractivity contribution < 1.29 is 19.1 Å². The van der Waals surface area contributed by atoms with E-state index in [0.717, 1.165) is 10.0 Å². The molecule has 1 aromatic rings. The molecule has 0 aliphatic carbocycles. The molecule has 0 aliphatic heterocycles. The number of carboxylic acids is 1. The molecule has 0 saturated heterocycles. The average Bonchev–Trinajstić information content (AvgIpc) is 2.25. The minimum atomic E-state index is -1.48. The summed E-state index contributed by atoms with van der Waals surface area (Å²) in [6.07, 6.45) is 0.0171. The lowest BCUT2D eigenvalue weighted by atomic mass is 10.1. The van der Waals surface area contributed by atoms with Gasteiger partial charge < -0.3 is 10.4 Å². The quantitative estimate of drug-likeness (QED) is 0.867. The molecule has 0 spiro atoms. The zero-order valence-electron chi connectivity index (χ0n) is 8.82. The lowest BCUT2D eigenvalue weighted by molar-refractivity contribution is -0.142. The predicted molar refractivity (Wildman–Crippen MR) is 63.4 cm³/mol. The van der Waals surface area contributed by atoms with Crippen molar-refractivity contribution in [2.75, 3.05) is 6.67 Å². The second-order valence-electron chi connectivity index (χ2n) is 3.42. The number of carboxylic acid groups (broad SMARTS) is 1. The molecule has 0 aliphatic rings. The Morgan fingerprint density at radius 1 is 1.47 bits per heavy atom. The molecule has 1 aromatic carbocycles. The standard InChI is InChI=1S/C11H11BrFNO3/c12-8-3-1-2-7(4-8)5-10(15)14-9(6-13)11(16)17/h1-4,9H,5-6H2,(H,14,15)(H,16,17). The summed E-state index contributed by atoms with van der Waals surface area (Å²) in [4.78, 5) is 22.0. The van der Waals surface area contributed by atoms with Crippen molar-refractivity contribution in [1.82, 2.24) is 5.32 Å². The van der Waals surface area contributed by atoms with Crippen LogP contribution in [0.25, 0.3) is 0 Å². The smallest absolute Gasteiger partial charge is 0.328 e. The molecule has 1 atom stereocenters. The van der Waals surface area contributed by atoms with Crippen molar-refractivity contribution in [2.24, 2.45) is 0 Å². The summed E-state index contributed by atoms with van der Waals surface area (Å²) in [7, 11) is 0. The molecule has 0 saturated carbocycles. The largest absolute Gasteiger partial charge is 0.480 e. The summed E-state index contributed by atoms with van der Waals surface area (Å²) >= 11 is 3.25. The third-order valence-electron chi connectivity index (χ3n) is 2.04. The van der Waals surface area contributed by atoms with Crippen molar-refractivity contribution in [2.45, 2.75) is 12.5 Å². The van der Waals surface area contributed by atoms with Crippen LogP contribution < -0.4 is 5.32 Å². The van der Waals surface area contributed by atoms with Crippen LogP contribution in [0.1, 0.15) is 5.56 Å². The summed E-state index contributed by atoms with van der Waals surface area (Å²) in [5, 5.41) is 10.7. The Bertz CT molecular complexity index is 425. The van der Waals surface area contributed by atoms with Crippen molar-refractivity contribution in [3.8, 4) is 0 Å². The number of carbonyl (C=O) groups is 2. The van der Waals surface area contributed by atoms with E-state index in [2.05, 4.69) is 21.2 Å². The summed E-state index contributed by atoms with van der Waals surface area (Å²) in [5.41, 5.74) is 0.722. The molecule has 1 unspecified atom stereocenters. The maximum Gasteiger partial charge on any atom is 0.328 e. The van der Waals surface area contributed by atoms with Crippen molar-refractivity contribution in [1.29, 1.82) is 0 Å². The Kier molecular flexibility index (Phi) is 5.09. The number of benzene rings is 1. The Labute approximate surface area is 106 Å². The normalized spacial score (nSPS) is 11.9. The van der Waals surface area contributed by atoms with Gasteiger partial charge in [-0.1, -0.05) is 28.1 Å². The molecule has 0 fully saturated rings. The highest BCUT2D eigenvalue weighted by Gasteiger charge is 2.19. The predicted octanol–water partition coefficient (Wildman–Crippen LogP) is 1.53.